The van der Waals surface area contributed by atoms with Crippen molar-refractivity contribution in [2.45, 2.75) is 40.0 Å². The molecule has 1 aliphatic carbocycles. The number of ether oxygens (including phenoxy) is 1. The minimum absolute atomic E-state index is 0.241. The summed E-state index contributed by atoms with van der Waals surface area (Å²) in [5, 5.41) is 7.64. The van der Waals surface area contributed by atoms with Crippen molar-refractivity contribution < 1.29 is 18.7 Å². The second-order valence-electron chi connectivity index (χ2n) is 6.51. The van der Waals surface area contributed by atoms with E-state index in [4.69, 9.17) is 20.8 Å². The lowest BCUT2D eigenvalue weighted by Gasteiger charge is -2.13. The highest BCUT2D eigenvalue weighted by atomic mass is 35.5. The minimum Gasteiger partial charge on any atom is -0.455 e. The molecule has 1 aromatic heterocycles. The molecule has 28 heavy (non-hydrogen) atoms. The Morgan fingerprint density at radius 3 is 2.79 bits per heavy atom. The molecule has 0 bridgehead atoms. The molecule has 1 heterocycles. The molecule has 0 radical (unpaired) electrons. The van der Waals surface area contributed by atoms with Crippen LogP contribution in [0.3, 0.4) is 0 Å². The molecule has 7 nitrogen and oxygen atoms in total. The number of carbonyl (C=O) groups is 2. The molecule has 2 aromatic rings. The van der Waals surface area contributed by atoms with Gasteiger partial charge in [0, 0.05) is 28.3 Å². The molecule has 0 unspecified atom stereocenters. The Hall–Kier alpha value is -2.80. The Bertz CT molecular complexity index is 949. The second kappa shape index (κ2) is 8.48. The average molecular weight is 404 g/mol. The average Bonchev–Trinajstić information content (AvgIpc) is 3.00. The first kappa shape index (κ1) is 19.9. The van der Waals surface area contributed by atoms with Gasteiger partial charge >= 0.3 is 6.09 Å². The monoisotopic (exact) mass is 403 g/mol. The Kier molecular flexibility index (Phi) is 6.04. The summed E-state index contributed by atoms with van der Waals surface area (Å²) in [6.45, 7) is 5.67. The third kappa shape index (κ3) is 4.20. The van der Waals surface area contributed by atoms with Gasteiger partial charge in [-0.05, 0) is 57.4 Å². The van der Waals surface area contributed by atoms with Gasteiger partial charge in [0.2, 0.25) is 0 Å². The summed E-state index contributed by atoms with van der Waals surface area (Å²) in [5.74, 6) is 0.603. The van der Waals surface area contributed by atoms with E-state index in [-0.39, 0.29) is 18.3 Å². The molecule has 2 N–H and O–H groups in total. The van der Waals surface area contributed by atoms with Crippen LogP contribution in [-0.2, 0) is 11.2 Å². The molecule has 0 saturated heterocycles. The number of aryl methyl sites for hydroxylation is 2. The van der Waals surface area contributed by atoms with Crippen LogP contribution in [0.15, 0.2) is 27.7 Å². The van der Waals surface area contributed by atoms with Gasteiger partial charge in [-0.3, -0.25) is 4.79 Å². The molecule has 0 atom stereocenters. The second-order valence-corrected chi connectivity index (χ2v) is 6.95. The van der Waals surface area contributed by atoms with Crippen molar-refractivity contribution in [1.29, 1.82) is 0 Å². The van der Waals surface area contributed by atoms with Crippen LogP contribution in [0, 0.1) is 13.8 Å². The smallest absolute Gasteiger partial charge is 0.427 e. The summed E-state index contributed by atoms with van der Waals surface area (Å²) in [6, 6.07) is 5.25. The van der Waals surface area contributed by atoms with Crippen molar-refractivity contribution in [3.63, 3.8) is 0 Å². The molecule has 0 spiro atoms. The quantitative estimate of drug-likeness (QED) is 0.730. The van der Waals surface area contributed by atoms with E-state index in [2.05, 4.69) is 15.8 Å². The Labute approximate surface area is 168 Å². The number of carbonyl (C=O) groups excluding carboxylic acids is 2. The highest BCUT2D eigenvalue weighted by Gasteiger charge is 2.28. The van der Waals surface area contributed by atoms with Crippen molar-refractivity contribution in [2.24, 2.45) is 5.10 Å². The van der Waals surface area contributed by atoms with Crippen molar-refractivity contribution >= 4 is 35.0 Å². The maximum atomic E-state index is 12.8. The molecular weight excluding hydrogens is 382 g/mol. The van der Waals surface area contributed by atoms with Gasteiger partial charge in [-0.25, -0.2) is 10.2 Å². The fraction of sp³-hybridized carbons (Fsp3) is 0.350. The molecule has 148 valence electrons. The standard InChI is InChI=1S/C20H22ClN3O4/c1-4-27-20(26)24-23-15-6-5-7-16-17(15)12(3)18(28-16)19(25)22-14-9-8-13(21)10-11(14)2/h8-10H,4-7H2,1-3H3,(H,22,25)(H,24,26)/b23-15+. The number of hydrogen-bond acceptors (Lipinski definition) is 5. The molecule has 1 aromatic carbocycles. The summed E-state index contributed by atoms with van der Waals surface area (Å²) in [5.41, 5.74) is 6.06. The van der Waals surface area contributed by atoms with Crippen LogP contribution < -0.4 is 10.7 Å². The fourth-order valence-electron chi connectivity index (χ4n) is 3.22. The lowest BCUT2D eigenvalue weighted by Crippen LogP contribution is -2.22. The Balaban J connectivity index is 1.85. The van der Waals surface area contributed by atoms with Crippen LogP contribution >= 0.6 is 11.6 Å². The molecular formula is C20H22ClN3O4. The molecule has 8 heteroatoms. The zero-order valence-corrected chi connectivity index (χ0v) is 16.8. The van der Waals surface area contributed by atoms with E-state index in [9.17, 15) is 9.59 Å². The van der Waals surface area contributed by atoms with Crippen LogP contribution in [0.5, 0.6) is 0 Å². The molecule has 0 saturated carbocycles. The highest BCUT2D eigenvalue weighted by Crippen LogP contribution is 2.30. The topological polar surface area (TPSA) is 92.9 Å². The molecule has 2 amide bonds. The van der Waals surface area contributed by atoms with Crippen molar-refractivity contribution in [2.75, 3.05) is 11.9 Å². The van der Waals surface area contributed by atoms with E-state index in [1.165, 1.54) is 0 Å². The van der Waals surface area contributed by atoms with Gasteiger partial charge in [0.15, 0.2) is 5.76 Å². The third-order valence-corrected chi connectivity index (χ3v) is 4.76. The first-order chi connectivity index (χ1) is 13.4. The van der Waals surface area contributed by atoms with Gasteiger partial charge in [0.05, 0.1) is 12.3 Å². The normalized spacial score (nSPS) is 14.5. The first-order valence-electron chi connectivity index (χ1n) is 9.10. The number of anilines is 1. The van der Waals surface area contributed by atoms with Gasteiger partial charge in [-0.1, -0.05) is 11.6 Å². The summed E-state index contributed by atoms with van der Waals surface area (Å²) in [4.78, 5) is 24.3. The number of halogens is 1. The van der Waals surface area contributed by atoms with Crippen molar-refractivity contribution in [3.05, 3.63) is 51.4 Å². The van der Waals surface area contributed by atoms with Crippen LogP contribution in [0.2, 0.25) is 5.02 Å². The summed E-state index contributed by atoms with van der Waals surface area (Å²) >= 11 is 5.97. The predicted octanol–water partition coefficient (Wildman–Crippen LogP) is 4.59. The van der Waals surface area contributed by atoms with Crippen molar-refractivity contribution in [3.8, 4) is 0 Å². The molecule has 0 fully saturated rings. The lowest BCUT2D eigenvalue weighted by atomic mass is 9.93. The van der Waals surface area contributed by atoms with E-state index >= 15 is 0 Å². The van der Waals surface area contributed by atoms with E-state index in [0.29, 0.717) is 40.6 Å². The van der Waals surface area contributed by atoms with Crippen LogP contribution in [-0.4, -0.2) is 24.3 Å². The third-order valence-electron chi connectivity index (χ3n) is 4.53. The summed E-state index contributed by atoms with van der Waals surface area (Å²) in [7, 11) is 0. The molecule has 3 rings (SSSR count). The van der Waals surface area contributed by atoms with Gasteiger partial charge in [0.1, 0.15) is 5.76 Å². The van der Waals surface area contributed by atoms with Gasteiger partial charge < -0.3 is 14.5 Å². The Morgan fingerprint density at radius 1 is 1.29 bits per heavy atom. The number of nitrogens with one attached hydrogen (secondary N) is 2. The van der Waals surface area contributed by atoms with Crippen LogP contribution in [0.25, 0.3) is 0 Å². The molecule has 0 aliphatic heterocycles. The number of benzene rings is 1. The van der Waals surface area contributed by atoms with Crippen LogP contribution in [0.4, 0.5) is 10.5 Å². The van der Waals surface area contributed by atoms with Crippen molar-refractivity contribution in [1.82, 2.24) is 5.43 Å². The number of hydrazone groups is 1. The zero-order chi connectivity index (χ0) is 20.3. The highest BCUT2D eigenvalue weighted by molar-refractivity contribution is 6.30. The summed E-state index contributed by atoms with van der Waals surface area (Å²) in [6.07, 6.45) is 1.60. The number of nitrogens with zero attached hydrogens (tertiary/aromatic N) is 1. The minimum atomic E-state index is -0.612. The number of hydrogen-bond donors (Lipinski definition) is 2. The predicted molar refractivity (Wildman–Crippen MR) is 107 cm³/mol. The van der Waals surface area contributed by atoms with E-state index in [1.807, 2.05) is 13.8 Å². The maximum absolute atomic E-state index is 12.8. The van der Waals surface area contributed by atoms with Gasteiger partial charge in [-0.15, -0.1) is 0 Å². The molecule has 1 aliphatic rings. The number of furan rings is 1. The fourth-order valence-corrected chi connectivity index (χ4v) is 3.45. The lowest BCUT2D eigenvalue weighted by molar-refractivity contribution is 0.0994. The maximum Gasteiger partial charge on any atom is 0.427 e. The SMILES string of the molecule is CCOC(=O)N/N=C1\CCCc2oc(C(=O)Nc3ccc(Cl)cc3C)c(C)c21. The summed E-state index contributed by atoms with van der Waals surface area (Å²) < 4.78 is 10.7. The number of fused-ring (bicyclic) bond motifs is 1. The van der Waals surface area contributed by atoms with Gasteiger partial charge in [-0.2, -0.15) is 5.10 Å². The van der Waals surface area contributed by atoms with E-state index < -0.39 is 6.09 Å². The number of rotatable bonds is 4. The van der Waals surface area contributed by atoms with E-state index in [0.717, 1.165) is 17.5 Å². The zero-order valence-electron chi connectivity index (χ0n) is 16.0. The Morgan fingerprint density at radius 2 is 2.07 bits per heavy atom. The van der Waals surface area contributed by atoms with E-state index in [1.54, 1.807) is 25.1 Å². The van der Waals surface area contributed by atoms with Gasteiger partial charge in [0.25, 0.3) is 5.91 Å². The number of amides is 2. The first-order valence-corrected chi connectivity index (χ1v) is 9.48. The largest absolute Gasteiger partial charge is 0.455 e. The van der Waals surface area contributed by atoms with Crippen LogP contribution in [0.1, 0.15) is 52.8 Å².